The standard InChI is InChI=1S/C13H10INO2/c1-9(16)10-6-7-15-13(8-10)17-12-4-2-11(14)3-5-12/h2-8H,1H3. The maximum Gasteiger partial charge on any atom is 0.219 e. The lowest BCUT2D eigenvalue weighted by Gasteiger charge is -2.05. The third-order valence-electron chi connectivity index (χ3n) is 2.18. The van der Waals surface area contributed by atoms with Crippen LogP contribution in [0.2, 0.25) is 0 Å². The van der Waals surface area contributed by atoms with Crippen molar-refractivity contribution in [3.05, 3.63) is 51.7 Å². The summed E-state index contributed by atoms with van der Waals surface area (Å²) in [4.78, 5) is 15.3. The second kappa shape index (κ2) is 5.27. The molecular formula is C13H10INO2. The fourth-order valence-corrected chi connectivity index (χ4v) is 1.67. The zero-order chi connectivity index (χ0) is 12.3. The van der Waals surface area contributed by atoms with E-state index < -0.39 is 0 Å². The molecule has 0 bridgehead atoms. The Morgan fingerprint density at radius 2 is 1.94 bits per heavy atom. The predicted molar refractivity (Wildman–Crippen MR) is 73.5 cm³/mol. The van der Waals surface area contributed by atoms with Crippen LogP contribution in [0.4, 0.5) is 0 Å². The zero-order valence-corrected chi connectivity index (χ0v) is 11.3. The van der Waals surface area contributed by atoms with E-state index in [4.69, 9.17) is 4.74 Å². The molecule has 1 aromatic carbocycles. The van der Waals surface area contributed by atoms with Gasteiger partial charge >= 0.3 is 0 Å². The van der Waals surface area contributed by atoms with Gasteiger partial charge in [0.15, 0.2) is 5.78 Å². The molecule has 0 saturated carbocycles. The highest BCUT2D eigenvalue weighted by atomic mass is 127. The second-order valence-electron chi connectivity index (χ2n) is 3.49. The molecule has 0 N–H and O–H groups in total. The minimum absolute atomic E-state index is 0.000130. The Balaban J connectivity index is 2.21. The number of hydrogen-bond donors (Lipinski definition) is 0. The lowest BCUT2D eigenvalue weighted by atomic mass is 10.2. The topological polar surface area (TPSA) is 39.2 Å². The van der Waals surface area contributed by atoms with Gasteiger partial charge in [-0.05, 0) is 59.8 Å². The lowest BCUT2D eigenvalue weighted by Crippen LogP contribution is -1.94. The lowest BCUT2D eigenvalue weighted by molar-refractivity contribution is 0.101. The molecular weight excluding hydrogens is 329 g/mol. The molecule has 86 valence electrons. The summed E-state index contributed by atoms with van der Waals surface area (Å²) >= 11 is 2.23. The van der Waals surface area contributed by atoms with E-state index in [0.717, 1.165) is 3.57 Å². The van der Waals surface area contributed by atoms with Gasteiger partial charge < -0.3 is 4.74 Å². The predicted octanol–water partition coefficient (Wildman–Crippen LogP) is 3.68. The summed E-state index contributed by atoms with van der Waals surface area (Å²) in [6.07, 6.45) is 1.57. The van der Waals surface area contributed by atoms with Crippen molar-refractivity contribution < 1.29 is 9.53 Å². The summed E-state index contributed by atoms with van der Waals surface area (Å²) in [5.74, 6) is 1.14. The van der Waals surface area contributed by atoms with E-state index in [1.807, 2.05) is 24.3 Å². The molecule has 1 heterocycles. The van der Waals surface area contributed by atoms with Gasteiger partial charge in [0.05, 0.1) is 0 Å². The van der Waals surface area contributed by atoms with Gasteiger partial charge in [0.1, 0.15) is 5.75 Å². The number of hydrogen-bond acceptors (Lipinski definition) is 3. The third kappa shape index (κ3) is 3.26. The molecule has 0 fully saturated rings. The number of halogens is 1. The number of pyridine rings is 1. The summed E-state index contributed by atoms with van der Waals surface area (Å²) in [7, 11) is 0. The largest absolute Gasteiger partial charge is 0.439 e. The Kier molecular flexibility index (Phi) is 3.73. The summed E-state index contributed by atoms with van der Waals surface area (Å²) < 4.78 is 6.70. The van der Waals surface area contributed by atoms with Gasteiger partial charge in [0.2, 0.25) is 5.88 Å². The summed E-state index contributed by atoms with van der Waals surface area (Å²) in [5.41, 5.74) is 0.598. The highest BCUT2D eigenvalue weighted by Gasteiger charge is 2.03. The van der Waals surface area contributed by atoms with Crippen molar-refractivity contribution in [3.8, 4) is 11.6 Å². The Morgan fingerprint density at radius 3 is 2.59 bits per heavy atom. The molecule has 0 aliphatic carbocycles. The monoisotopic (exact) mass is 339 g/mol. The van der Waals surface area contributed by atoms with Crippen molar-refractivity contribution in [2.75, 3.05) is 0 Å². The molecule has 2 aromatic rings. The van der Waals surface area contributed by atoms with Gasteiger partial charge in [0.25, 0.3) is 0 Å². The first kappa shape index (κ1) is 12.0. The Bertz CT molecular complexity index is 537. The van der Waals surface area contributed by atoms with Crippen LogP contribution >= 0.6 is 22.6 Å². The highest BCUT2D eigenvalue weighted by Crippen LogP contribution is 2.21. The van der Waals surface area contributed by atoms with Crippen molar-refractivity contribution >= 4 is 28.4 Å². The van der Waals surface area contributed by atoms with Gasteiger partial charge in [-0.3, -0.25) is 4.79 Å². The van der Waals surface area contributed by atoms with Crippen molar-refractivity contribution in [1.82, 2.24) is 4.98 Å². The molecule has 0 atom stereocenters. The van der Waals surface area contributed by atoms with Crippen LogP contribution in [0.15, 0.2) is 42.6 Å². The van der Waals surface area contributed by atoms with Gasteiger partial charge in [-0.1, -0.05) is 0 Å². The zero-order valence-electron chi connectivity index (χ0n) is 9.18. The molecule has 17 heavy (non-hydrogen) atoms. The van der Waals surface area contributed by atoms with Crippen LogP contribution in [0.5, 0.6) is 11.6 Å². The third-order valence-corrected chi connectivity index (χ3v) is 2.90. The first-order valence-electron chi connectivity index (χ1n) is 5.05. The molecule has 0 aliphatic rings. The summed E-state index contributed by atoms with van der Waals surface area (Å²) in [6.45, 7) is 1.52. The number of nitrogens with zero attached hydrogens (tertiary/aromatic N) is 1. The van der Waals surface area contributed by atoms with Crippen molar-refractivity contribution in [2.24, 2.45) is 0 Å². The van der Waals surface area contributed by atoms with E-state index in [1.165, 1.54) is 6.92 Å². The molecule has 0 spiro atoms. The molecule has 0 saturated heterocycles. The molecule has 1 aromatic heterocycles. The minimum atomic E-state index is -0.000130. The number of aromatic nitrogens is 1. The fraction of sp³-hybridized carbons (Fsp3) is 0.0769. The van der Waals surface area contributed by atoms with Gasteiger partial charge in [-0.15, -0.1) is 0 Å². The molecule has 2 rings (SSSR count). The van der Waals surface area contributed by atoms with Crippen LogP contribution in [0.1, 0.15) is 17.3 Å². The van der Waals surface area contributed by atoms with E-state index >= 15 is 0 Å². The first-order valence-corrected chi connectivity index (χ1v) is 6.13. The normalized spacial score (nSPS) is 10.0. The Labute approximate surface area is 113 Å². The minimum Gasteiger partial charge on any atom is -0.439 e. The Hall–Kier alpha value is -1.43. The van der Waals surface area contributed by atoms with E-state index in [2.05, 4.69) is 27.6 Å². The molecule has 3 nitrogen and oxygen atoms in total. The van der Waals surface area contributed by atoms with E-state index in [9.17, 15) is 4.79 Å². The van der Waals surface area contributed by atoms with Crippen LogP contribution in [0, 0.1) is 3.57 Å². The van der Waals surface area contributed by atoms with Crippen LogP contribution in [0.25, 0.3) is 0 Å². The van der Waals surface area contributed by atoms with Gasteiger partial charge in [0, 0.05) is 21.4 Å². The fourth-order valence-electron chi connectivity index (χ4n) is 1.31. The molecule has 0 amide bonds. The number of ketones is 1. The molecule has 0 unspecified atom stereocenters. The maximum atomic E-state index is 11.2. The van der Waals surface area contributed by atoms with E-state index in [1.54, 1.807) is 18.3 Å². The average Bonchev–Trinajstić information content (AvgIpc) is 2.32. The van der Waals surface area contributed by atoms with Gasteiger partial charge in [-0.25, -0.2) is 4.98 Å². The number of ether oxygens (including phenoxy) is 1. The van der Waals surface area contributed by atoms with E-state index in [0.29, 0.717) is 17.2 Å². The Morgan fingerprint density at radius 1 is 1.24 bits per heavy atom. The molecule has 4 heteroatoms. The maximum absolute atomic E-state index is 11.2. The van der Waals surface area contributed by atoms with Crippen molar-refractivity contribution in [1.29, 1.82) is 0 Å². The number of benzene rings is 1. The van der Waals surface area contributed by atoms with Gasteiger partial charge in [-0.2, -0.15) is 0 Å². The van der Waals surface area contributed by atoms with Crippen molar-refractivity contribution in [2.45, 2.75) is 6.92 Å². The SMILES string of the molecule is CC(=O)c1ccnc(Oc2ccc(I)cc2)c1. The van der Waals surface area contributed by atoms with Crippen LogP contribution in [0.3, 0.4) is 0 Å². The van der Waals surface area contributed by atoms with Crippen LogP contribution in [-0.4, -0.2) is 10.8 Å². The average molecular weight is 339 g/mol. The second-order valence-corrected chi connectivity index (χ2v) is 4.74. The summed E-state index contributed by atoms with van der Waals surface area (Å²) in [6, 6.07) is 10.9. The summed E-state index contributed by atoms with van der Waals surface area (Å²) in [5, 5.41) is 0. The van der Waals surface area contributed by atoms with Crippen LogP contribution in [-0.2, 0) is 0 Å². The van der Waals surface area contributed by atoms with E-state index in [-0.39, 0.29) is 5.78 Å². The van der Waals surface area contributed by atoms with Crippen LogP contribution < -0.4 is 4.74 Å². The molecule has 0 radical (unpaired) electrons. The number of carbonyl (C=O) groups is 1. The quantitative estimate of drug-likeness (QED) is 0.633. The number of rotatable bonds is 3. The highest BCUT2D eigenvalue weighted by molar-refractivity contribution is 14.1. The van der Waals surface area contributed by atoms with Crippen molar-refractivity contribution in [3.63, 3.8) is 0 Å². The molecule has 0 aliphatic heterocycles. The smallest absolute Gasteiger partial charge is 0.219 e. The number of carbonyl (C=O) groups excluding carboxylic acids is 1. The first-order chi connectivity index (χ1) is 8.15. The number of Topliss-reactive ketones (excluding diaryl/α,β-unsaturated/α-hetero) is 1.